The zero-order valence-electron chi connectivity index (χ0n) is 21.1. The van der Waals surface area contributed by atoms with Crippen LogP contribution < -0.4 is 10.1 Å². The number of carbonyl (C=O) groups excluding carboxylic acids is 2. The van der Waals surface area contributed by atoms with E-state index in [1.165, 1.54) is 15.3 Å². The molecule has 6 nitrogen and oxygen atoms in total. The van der Waals surface area contributed by atoms with Gasteiger partial charge in [-0.25, -0.2) is 4.79 Å². The summed E-state index contributed by atoms with van der Waals surface area (Å²) in [5, 5.41) is 4.96. The molecule has 0 saturated carbocycles. The van der Waals surface area contributed by atoms with Gasteiger partial charge in [0.05, 0.1) is 6.04 Å². The van der Waals surface area contributed by atoms with Crippen molar-refractivity contribution in [2.75, 3.05) is 31.6 Å². The van der Waals surface area contributed by atoms with Gasteiger partial charge in [-0.2, -0.15) is 0 Å². The summed E-state index contributed by atoms with van der Waals surface area (Å²) in [7, 11) is 0. The highest BCUT2D eigenvalue weighted by Gasteiger charge is 2.33. The molecule has 0 unspecified atom stereocenters. The Morgan fingerprint density at radius 2 is 1.89 bits per heavy atom. The fourth-order valence-electron chi connectivity index (χ4n) is 4.47. The summed E-state index contributed by atoms with van der Waals surface area (Å²) in [6.45, 7) is 11.0. The highest BCUT2D eigenvalue weighted by molar-refractivity contribution is 7.10. The topological polar surface area (TPSA) is 61.9 Å². The Labute approximate surface area is 217 Å². The molecule has 1 aromatic heterocycles. The van der Waals surface area contributed by atoms with Crippen molar-refractivity contribution in [3.63, 3.8) is 0 Å². The van der Waals surface area contributed by atoms with Crippen molar-refractivity contribution in [2.24, 2.45) is 0 Å². The molecule has 36 heavy (non-hydrogen) atoms. The van der Waals surface area contributed by atoms with Crippen LogP contribution in [0, 0.1) is 20.8 Å². The molecule has 1 atom stereocenters. The van der Waals surface area contributed by atoms with E-state index in [-0.39, 0.29) is 31.1 Å². The number of thiophene rings is 1. The smallest absolute Gasteiger partial charge is 0.322 e. The summed E-state index contributed by atoms with van der Waals surface area (Å²) in [6, 6.07) is 15.2. The van der Waals surface area contributed by atoms with E-state index in [1.54, 1.807) is 17.4 Å². The molecule has 0 radical (unpaired) electrons. The van der Waals surface area contributed by atoms with Crippen molar-refractivity contribution in [2.45, 2.75) is 33.2 Å². The van der Waals surface area contributed by atoms with Gasteiger partial charge in [-0.15, -0.1) is 17.9 Å². The number of nitrogens with one attached hydrogen (secondary N) is 1. The second-order valence-corrected chi connectivity index (χ2v) is 10.2. The van der Waals surface area contributed by atoms with Crippen LogP contribution >= 0.6 is 11.3 Å². The van der Waals surface area contributed by atoms with Crippen molar-refractivity contribution in [3.8, 4) is 5.75 Å². The van der Waals surface area contributed by atoms with Gasteiger partial charge in [0.15, 0.2) is 0 Å². The maximum Gasteiger partial charge on any atom is 0.322 e. The van der Waals surface area contributed by atoms with Crippen LogP contribution in [0.25, 0.3) is 0 Å². The number of rotatable bonds is 8. The maximum atomic E-state index is 13.6. The first kappa shape index (κ1) is 25.5. The van der Waals surface area contributed by atoms with Crippen LogP contribution in [0.1, 0.15) is 33.2 Å². The molecule has 1 aliphatic rings. The predicted octanol–water partition coefficient (Wildman–Crippen LogP) is 5.90. The van der Waals surface area contributed by atoms with E-state index in [9.17, 15) is 9.59 Å². The normalized spacial score (nSPS) is 14.6. The number of carbonyl (C=O) groups is 2. The highest BCUT2D eigenvalue weighted by Crippen LogP contribution is 2.34. The molecule has 2 heterocycles. The van der Waals surface area contributed by atoms with E-state index in [4.69, 9.17) is 4.74 Å². The number of aryl methyl sites for hydroxylation is 3. The molecule has 3 amide bonds. The average molecular weight is 504 g/mol. The largest absolute Gasteiger partial charge is 0.491 e. The number of hydrogen-bond donors (Lipinski definition) is 1. The molecule has 0 saturated heterocycles. The second kappa shape index (κ2) is 11.4. The first-order valence-corrected chi connectivity index (χ1v) is 13.0. The van der Waals surface area contributed by atoms with Crippen LogP contribution in [0.15, 0.2) is 66.6 Å². The van der Waals surface area contributed by atoms with E-state index in [0.717, 1.165) is 28.9 Å². The van der Waals surface area contributed by atoms with Crippen molar-refractivity contribution in [1.29, 1.82) is 0 Å². The quantitative estimate of drug-likeness (QED) is 0.390. The van der Waals surface area contributed by atoms with Gasteiger partial charge in [0.1, 0.15) is 18.9 Å². The summed E-state index contributed by atoms with van der Waals surface area (Å²) in [6.07, 6.45) is 2.44. The molecular formula is C29H33N3O3S. The molecule has 4 rings (SSSR count). The van der Waals surface area contributed by atoms with Crippen molar-refractivity contribution < 1.29 is 14.3 Å². The van der Waals surface area contributed by atoms with Gasteiger partial charge >= 0.3 is 6.03 Å². The Kier molecular flexibility index (Phi) is 8.10. The second-order valence-electron chi connectivity index (χ2n) is 9.20. The molecule has 7 heteroatoms. The van der Waals surface area contributed by atoms with E-state index in [2.05, 4.69) is 36.3 Å². The molecule has 0 fully saturated rings. The third-order valence-corrected chi connectivity index (χ3v) is 7.40. The molecule has 1 aliphatic heterocycles. The summed E-state index contributed by atoms with van der Waals surface area (Å²) in [4.78, 5) is 31.2. The van der Waals surface area contributed by atoms with Gasteiger partial charge in [-0.3, -0.25) is 4.79 Å². The minimum absolute atomic E-state index is 0.0384. The average Bonchev–Trinajstić information content (AvgIpc) is 3.33. The van der Waals surface area contributed by atoms with Gasteiger partial charge in [0.2, 0.25) is 5.91 Å². The third-order valence-electron chi connectivity index (χ3n) is 6.41. The monoisotopic (exact) mass is 503 g/mol. The lowest BCUT2D eigenvalue weighted by molar-refractivity contribution is -0.135. The lowest BCUT2D eigenvalue weighted by Crippen LogP contribution is -2.48. The van der Waals surface area contributed by atoms with E-state index in [0.29, 0.717) is 18.8 Å². The minimum atomic E-state index is -0.330. The molecular weight excluding hydrogens is 470 g/mol. The van der Waals surface area contributed by atoms with Crippen molar-refractivity contribution >= 4 is 29.0 Å². The van der Waals surface area contributed by atoms with Gasteiger partial charge in [0.25, 0.3) is 0 Å². The predicted molar refractivity (Wildman–Crippen MR) is 146 cm³/mol. The van der Waals surface area contributed by atoms with Crippen molar-refractivity contribution in [3.05, 3.63) is 93.7 Å². The fourth-order valence-corrected chi connectivity index (χ4v) is 5.40. The number of urea groups is 1. The molecule has 0 spiro atoms. The van der Waals surface area contributed by atoms with Gasteiger partial charge in [0, 0.05) is 23.7 Å². The number of anilines is 1. The van der Waals surface area contributed by atoms with Crippen LogP contribution in [0.5, 0.6) is 5.75 Å². The van der Waals surface area contributed by atoms with Gasteiger partial charge in [-0.1, -0.05) is 41.5 Å². The number of amides is 3. The standard InChI is InChI=1S/C29H33N3O3S/c1-5-14-31(29(34)30-23-9-6-20(2)7-10-23)18-28(33)32-15-12-27-24(13-16-36-27)25(32)19-35-26-11-8-21(3)17-22(26)4/h5-11,13,16-17,25H,1,12,14-15,18-19H2,2-4H3,(H,30,34)/t25-/m1/s1. The molecule has 0 bridgehead atoms. The number of fused-ring (bicyclic) bond motifs is 1. The highest BCUT2D eigenvalue weighted by atomic mass is 32.1. The Hall–Kier alpha value is -3.58. The molecule has 188 valence electrons. The molecule has 1 N–H and O–H groups in total. The Bertz CT molecular complexity index is 1230. The molecule has 0 aliphatic carbocycles. The Morgan fingerprint density at radius 1 is 1.14 bits per heavy atom. The minimum Gasteiger partial charge on any atom is -0.491 e. The van der Waals surface area contributed by atoms with Gasteiger partial charge < -0.3 is 19.9 Å². The van der Waals surface area contributed by atoms with Crippen LogP contribution in [0.3, 0.4) is 0 Å². The lowest BCUT2D eigenvalue weighted by Gasteiger charge is -2.37. The summed E-state index contributed by atoms with van der Waals surface area (Å²) < 4.78 is 6.23. The van der Waals surface area contributed by atoms with Crippen LogP contribution in [-0.4, -0.2) is 48.0 Å². The zero-order chi connectivity index (χ0) is 25.7. The first-order chi connectivity index (χ1) is 17.4. The van der Waals surface area contributed by atoms with Crippen LogP contribution in [0.4, 0.5) is 10.5 Å². The fraction of sp³-hybridized carbons (Fsp3) is 0.310. The molecule has 3 aromatic rings. The first-order valence-electron chi connectivity index (χ1n) is 12.1. The number of hydrogen-bond acceptors (Lipinski definition) is 4. The third kappa shape index (κ3) is 5.97. The Balaban J connectivity index is 1.49. The summed E-state index contributed by atoms with van der Waals surface area (Å²) in [5.74, 6) is 0.711. The number of benzene rings is 2. The van der Waals surface area contributed by atoms with E-state index in [1.807, 2.05) is 55.1 Å². The summed E-state index contributed by atoms with van der Waals surface area (Å²) in [5.41, 5.74) is 5.18. The zero-order valence-corrected chi connectivity index (χ0v) is 21.9. The maximum absolute atomic E-state index is 13.6. The SMILES string of the molecule is C=CCN(CC(=O)N1CCc2sccc2[C@H]1COc1ccc(C)cc1C)C(=O)Nc1ccc(C)cc1. The molecule has 2 aromatic carbocycles. The Morgan fingerprint density at radius 3 is 2.61 bits per heavy atom. The van der Waals surface area contributed by atoms with Crippen LogP contribution in [0.2, 0.25) is 0 Å². The van der Waals surface area contributed by atoms with Crippen LogP contribution in [-0.2, 0) is 11.2 Å². The van der Waals surface area contributed by atoms with Gasteiger partial charge in [-0.05, 0) is 68.0 Å². The number of ether oxygens (including phenoxy) is 1. The van der Waals surface area contributed by atoms with E-state index < -0.39 is 0 Å². The number of nitrogens with zero attached hydrogens (tertiary/aromatic N) is 2. The summed E-state index contributed by atoms with van der Waals surface area (Å²) >= 11 is 1.72. The lowest BCUT2D eigenvalue weighted by atomic mass is 10.0. The van der Waals surface area contributed by atoms with E-state index >= 15 is 0 Å². The van der Waals surface area contributed by atoms with Crippen molar-refractivity contribution in [1.82, 2.24) is 9.80 Å².